The van der Waals surface area contributed by atoms with Crippen molar-refractivity contribution in [3.05, 3.63) is 11.1 Å². The average molecular weight is 252 g/mol. The van der Waals surface area contributed by atoms with E-state index in [1.165, 1.54) is 0 Å². The molecule has 0 aromatic heterocycles. The summed E-state index contributed by atoms with van der Waals surface area (Å²) < 4.78 is 6.14. The van der Waals surface area contributed by atoms with Gasteiger partial charge in [0.25, 0.3) is 0 Å². The molecule has 0 aromatic rings. The number of aliphatic hydroxyl groups excluding tert-OH is 2. The van der Waals surface area contributed by atoms with Gasteiger partial charge in [0.2, 0.25) is 0 Å². The van der Waals surface area contributed by atoms with Crippen molar-refractivity contribution < 1.29 is 19.7 Å². The van der Waals surface area contributed by atoms with Crippen LogP contribution >= 0.6 is 0 Å². The topological polar surface area (TPSA) is 66.8 Å². The minimum atomic E-state index is -0.857. The van der Waals surface area contributed by atoms with Gasteiger partial charge in [-0.25, -0.2) is 0 Å². The van der Waals surface area contributed by atoms with Gasteiger partial charge in [0, 0.05) is 12.0 Å². The summed E-state index contributed by atoms with van der Waals surface area (Å²) >= 11 is 0. The van der Waals surface area contributed by atoms with Gasteiger partial charge in [-0.2, -0.15) is 0 Å². The number of carbonyl (C=O) groups excluding carboxylic acids is 1. The lowest BCUT2D eigenvalue weighted by Crippen LogP contribution is -2.54. The van der Waals surface area contributed by atoms with Gasteiger partial charge < -0.3 is 14.9 Å². The van der Waals surface area contributed by atoms with E-state index in [2.05, 4.69) is 0 Å². The lowest BCUT2D eigenvalue weighted by molar-refractivity contribution is -0.167. The second kappa shape index (κ2) is 3.44. The number of carbonyl (C=O) groups is 1. The number of Topliss-reactive ketones (excluding diaryl/α,β-unsaturated/α-hetero) is 1. The molecule has 4 nitrogen and oxygen atoms in total. The van der Waals surface area contributed by atoms with E-state index in [1.807, 2.05) is 20.8 Å². The van der Waals surface area contributed by atoms with Crippen molar-refractivity contribution in [2.75, 3.05) is 0 Å². The molecule has 0 radical (unpaired) electrons. The molecular formula is C14H20O4. The van der Waals surface area contributed by atoms with Crippen molar-refractivity contribution in [2.45, 2.75) is 63.4 Å². The number of hydrogen-bond donors (Lipinski definition) is 2. The summed E-state index contributed by atoms with van der Waals surface area (Å²) in [6, 6.07) is 0. The Labute approximate surface area is 107 Å². The molecule has 3 rings (SSSR count). The number of aliphatic hydroxyl groups is 2. The Morgan fingerprint density at radius 1 is 1.33 bits per heavy atom. The standard InChI is InChI=1S/C14H20O4/c1-7(2)14-5-4-13(3,18-14)11-9(16)6-8(15)10(11)12(14)17/h7-8,12,15,17H,4-6H2,1-3H3/t8-,12-,13+,14+/m1/s1. The number of ether oxygens (including phenoxy) is 1. The normalized spacial score (nSPS) is 47.1. The van der Waals surface area contributed by atoms with Gasteiger partial charge >= 0.3 is 0 Å². The van der Waals surface area contributed by atoms with Crippen molar-refractivity contribution in [3.63, 3.8) is 0 Å². The van der Waals surface area contributed by atoms with Crippen LogP contribution in [-0.4, -0.2) is 39.4 Å². The van der Waals surface area contributed by atoms with E-state index in [1.54, 1.807) is 0 Å². The van der Waals surface area contributed by atoms with E-state index in [-0.39, 0.29) is 18.1 Å². The molecule has 0 amide bonds. The van der Waals surface area contributed by atoms with Crippen molar-refractivity contribution in [1.82, 2.24) is 0 Å². The van der Waals surface area contributed by atoms with Crippen molar-refractivity contribution >= 4 is 5.78 Å². The van der Waals surface area contributed by atoms with Gasteiger partial charge in [0.1, 0.15) is 11.7 Å². The zero-order valence-corrected chi connectivity index (χ0v) is 11.1. The van der Waals surface area contributed by atoms with Gasteiger partial charge in [0.15, 0.2) is 5.78 Å². The van der Waals surface area contributed by atoms with Crippen LogP contribution in [0.1, 0.15) is 40.0 Å². The van der Waals surface area contributed by atoms with E-state index in [0.29, 0.717) is 11.1 Å². The highest BCUT2D eigenvalue weighted by molar-refractivity contribution is 6.02. The molecule has 0 aromatic carbocycles. The molecule has 2 heterocycles. The van der Waals surface area contributed by atoms with Crippen molar-refractivity contribution in [3.8, 4) is 0 Å². The van der Waals surface area contributed by atoms with Crippen LogP contribution in [0.4, 0.5) is 0 Å². The van der Waals surface area contributed by atoms with Gasteiger partial charge in [-0.05, 0) is 31.3 Å². The van der Waals surface area contributed by atoms with E-state index >= 15 is 0 Å². The van der Waals surface area contributed by atoms with Gasteiger partial charge in [0.05, 0.1) is 11.7 Å². The Balaban J connectivity index is 2.18. The largest absolute Gasteiger partial charge is 0.388 e. The third-order valence-electron chi connectivity index (χ3n) is 4.98. The number of fused-ring (bicyclic) bond motifs is 3. The molecule has 4 atom stereocenters. The molecule has 2 aliphatic heterocycles. The minimum Gasteiger partial charge on any atom is -0.388 e. The van der Waals surface area contributed by atoms with E-state index in [4.69, 9.17) is 4.74 Å². The van der Waals surface area contributed by atoms with E-state index < -0.39 is 23.4 Å². The van der Waals surface area contributed by atoms with Crippen molar-refractivity contribution in [1.29, 1.82) is 0 Å². The van der Waals surface area contributed by atoms with Crippen LogP contribution in [-0.2, 0) is 9.53 Å². The maximum absolute atomic E-state index is 12.0. The molecule has 2 bridgehead atoms. The lowest BCUT2D eigenvalue weighted by Gasteiger charge is -2.45. The highest BCUT2D eigenvalue weighted by atomic mass is 16.5. The summed E-state index contributed by atoms with van der Waals surface area (Å²) in [5.74, 6) is 0.0737. The fourth-order valence-electron chi connectivity index (χ4n) is 3.94. The third-order valence-corrected chi connectivity index (χ3v) is 4.98. The second-order valence-corrected chi connectivity index (χ2v) is 6.32. The predicted molar refractivity (Wildman–Crippen MR) is 65.0 cm³/mol. The molecule has 18 heavy (non-hydrogen) atoms. The van der Waals surface area contributed by atoms with Crippen LogP contribution in [0.2, 0.25) is 0 Å². The molecule has 0 unspecified atom stereocenters. The SMILES string of the molecule is CC(C)[C@]12CC[C@](C)(O1)C1=C([C@H](O)CC1=O)[C@H]2O. The second-order valence-electron chi connectivity index (χ2n) is 6.32. The Hall–Kier alpha value is -0.710. The first kappa shape index (κ1) is 12.3. The van der Waals surface area contributed by atoms with Gasteiger partial charge in [-0.3, -0.25) is 4.79 Å². The fraction of sp³-hybridized carbons (Fsp3) is 0.786. The molecule has 4 heteroatoms. The average Bonchev–Trinajstić information content (AvgIpc) is 2.75. The van der Waals surface area contributed by atoms with Gasteiger partial charge in [-0.1, -0.05) is 13.8 Å². The molecule has 1 fully saturated rings. The molecule has 1 saturated heterocycles. The first-order chi connectivity index (χ1) is 8.32. The predicted octanol–water partition coefficient (Wildman–Crippen LogP) is 0.955. The fourth-order valence-corrected chi connectivity index (χ4v) is 3.94. The quantitative estimate of drug-likeness (QED) is 0.729. The third kappa shape index (κ3) is 1.23. The van der Waals surface area contributed by atoms with Crippen molar-refractivity contribution in [2.24, 2.45) is 5.92 Å². The Morgan fingerprint density at radius 2 is 2.00 bits per heavy atom. The summed E-state index contributed by atoms with van der Waals surface area (Å²) in [5.41, 5.74) is -0.191. The summed E-state index contributed by atoms with van der Waals surface area (Å²) in [4.78, 5) is 12.0. The molecule has 0 spiro atoms. The summed E-state index contributed by atoms with van der Waals surface area (Å²) in [5, 5.41) is 20.6. The Morgan fingerprint density at radius 3 is 2.61 bits per heavy atom. The van der Waals surface area contributed by atoms with E-state index in [9.17, 15) is 15.0 Å². The molecule has 0 saturated carbocycles. The number of ketones is 1. The molecule has 100 valence electrons. The molecule has 2 N–H and O–H groups in total. The summed E-state index contributed by atoms with van der Waals surface area (Å²) in [6.45, 7) is 5.95. The van der Waals surface area contributed by atoms with Gasteiger partial charge in [-0.15, -0.1) is 0 Å². The summed E-state index contributed by atoms with van der Waals surface area (Å²) in [6.07, 6.45) is -0.129. The maximum atomic E-state index is 12.0. The van der Waals surface area contributed by atoms with Crippen LogP contribution in [0.3, 0.4) is 0 Å². The van der Waals surface area contributed by atoms with Crippen LogP contribution < -0.4 is 0 Å². The Bertz CT molecular complexity index is 453. The number of rotatable bonds is 1. The summed E-state index contributed by atoms with van der Waals surface area (Å²) in [7, 11) is 0. The lowest BCUT2D eigenvalue weighted by atomic mass is 9.78. The molecular weight excluding hydrogens is 232 g/mol. The Kier molecular flexibility index (Phi) is 2.35. The molecule has 3 aliphatic rings. The zero-order valence-electron chi connectivity index (χ0n) is 11.1. The minimum absolute atomic E-state index is 0.0710. The van der Waals surface area contributed by atoms with Crippen LogP contribution in [0, 0.1) is 5.92 Å². The first-order valence-electron chi connectivity index (χ1n) is 6.66. The highest BCUT2D eigenvalue weighted by Gasteiger charge is 2.63. The monoisotopic (exact) mass is 252 g/mol. The first-order valence-corrected chi connectivity index (χ1v) is 6.66. The van der Waals surface area contributed by atoms with E-state index in [0.717, 1.165) is 12.8 Å². The molecule has 1 aliphatic carbocycles. The van der Waals surface area contributed by atoms with Crippen LogP contribution in [0.5, 0.6) is 0 Å². The highest BCUT2D eigenvalue weighted by Crippen LogP contribution is 2.56. The van der Waals surface area contributed by atoms with Crippen LogP contribution in [0.15, 0.2) is 11.1 Å². The smallest absolute Gasteiger partial charge is 0.164 e. The zero-order chi connectivity index (χ0) is 13.3. The van der Waals surface area contributed by atoms with Crippen LogP contribution in [0.25, 0.3) is 0 Å². The number of hydrogen-bond acceptors (Lipinski definition) is 4. The maximum Gasteiger partial charge on any atom is 0.164 e.